The van der Waals surface area contributed by atoms with Gasteiger partial charge in [0.25, 0.3) is 0 Å². The maximum absolute atomic E-state index is 14.7. The van der Waals surface area contributed by atoms with Gasteiger partial charge in [0.2, 0.25) is 5.88 Å². The average molecular weight is 298 g/mol. The van der Waals surface area contributed by atoms with Gasteiger partial charge in [-0.05, 0) is 25.1 Å². The number of aromatic nitrogens is 3. The highest BCUT2D eigenvalue weighted by Crippen LogP contribution is 2.33. The monoisotopic (exact) mass is 298 g/mol. The first-order chi connectivity index (χ1) is 10.6. The molecular weight excluding hydrogens is 283 g/mol. The van der Waals surface area contributed by atoms with E-state index in [1.807, 2.05) is 30.7 Å². The predicted molar refractivity (Wildman–Crippen MR) is 80.3 cm³/mol. The molecule has 5 nitrogen and oxygen atoms in total. The van der Waals surface area contributed by atoms with Crippen molar-refractivity contribution in [3.63, 3.8) is 0 Å². The largest absolute Gasteiger partial charge is 0.435 e. The SMILES string of the molecule is Cc1cc2c(F)c(Oc3ncnc4c3CNC4)ccc2n1C. The summed E-state index contributed by atoms with van der Waals surface area (Å²) in [5.74, 6) is 0.242. The smallest absolute Gasteiger partial charge is 0.227 e. The molecule has 1 aromatic carbocycles. The van der Waals surface area contributed by atoms with E-state index < -0.39 is 0 Å². The number of fused-ring (bicyclic) bond motifs is 2. The van der Waals surface area contributed by atoms with Crippen molar-refractivity contribution in [2.75, 3.05) is 0 Å². The van der Waals surface area contributed by atoms with Crippen molar-refractivity contribution in [1.29, 1.82) is 0 Å². The Morgan fingerprint density at radius 2 is 2.14 bits per heavy atom. The Morgan fingerprint density at radius 1 is 1.27 bits per heavy atom. The number of hydrogen-bond donors (Lipinski definition) is 1. The van der Waals surface area contributed by atoms with Crippen molar-refractivity contribution in [2.24, 2.45) is 7.05 Å². The normalized spacial score (nSPS) is 13.6. The van der Waals surface area contributed by atoms with Gasteiger partial charge < -0.3 is 14.6 Å². The molecule has 0 radical (unpaired) electrons. The van der Waals surface area contributed by atoms with E-state index in [4.69, 9.17) is 4.74 Å². The standard InChI is InChI=1S/C16H15FN4O/c1-9-5-10-13(21(9)2)3-4-14(15(10)17)22-16-11-6-18-7-12(11)19-8-20-16/h3-5,8,18H,6-7H2,1-2H3. The van der Waals surface area contributed by atoms with Crippen LogP contribution in [0.2, 0.25) is 0 Å². The number of aryl methyl sites for hydroxylation is 2. The van der Waals surface area contributed by atoms with Crippen molar-refractivity contribution in [2.45, 2.75) is 20.0 Å². The Balaban J connectivity index is 1.79. The van der Waals surface area contributed by atoms with Gasteiger partial charge in [0.1, 0.15) is 6.33 Å². The number of benzene rings is 1. The second kappa shape index (κ2) is 4.78. The summed E-state index contributed by atoms with van der Waals surface area (Å²) in [6.07, 6.45) is 1.45. The molecule has 2 aromatic heterocycles. The molecule has 0 atom stereocenters. The van der Waals surface area contributed by atoms with Crippen molar-refractivity contribution in [1.82, 2.24) is 19.9 Å². The summed E-state index contributed by atoms with van der Waals surface area (Å²) in [6.45, 7) is 3.27. The first-order valence-electron chi connectivity index (χ1n) is 7.11. The van der Waals surface area contributed by atoms with E-state index in [0.717, 1.165) is 22.5 Å². The van der Waals surface area contributed by atoms with Gasteiger partial charge in [-0.1, -0.05) is 0 Å². The molecule has 0 aliphatic carbocycles. The van der Waals surface area contributed by atoms with Crippen LogP contribution in [0.5, 0.6) is 11.6 Å². The molecule has 0 unspecified atom stereocenters. The van der Waals surface area contributed by atoms with Crippen LogP contribution in [0.3, 0.4) is 0 Å². The second-order valence-electron chi connectivity index (χ2n) is 5.46. The van der Waals surface area contributed by atoms with Crippen molar-refractivity contribution >= 4 is 10.9 Å². The summed E-state index contributed by atoms with van der Waals surface area (Å²) < 4.78 is 22.4. The molecule has 0 amide bonds. The van der Waals surface area contributed by atoms with Gasteiger partial charge >= 0.3 is 0 Å². The molecule has 0 saturated carbocycles. The molecule has 0 fully saturated rings. The lowest BCUT2D eigenvalue weighted by atomic mass is 10.2. The summed E-state index contributed by atoms with van der Waals surface area (Å²) in [7, 11) is 1.92. The van der Waals surface area contributed by atoms with Crippen molar-refractivity contribution < 1.29 is 9.13 Å². The van der Waals surface area contributed by atoms with Crippen LogP contribution in [-0.4, -0.2) is 14.5 Å². The fraction of sp³-hybridized carbons (Fsp3) is 0.250. The van der Waals surface area contributed by atoms with E-state index in [1.54, 1.807) is 6.07 Å². The summed E-state index contributed by atoms with van der Waals surface area (Å²) in [6, 6.07) is 5.33. The zero-order valence-electron chi connectivity index (χ0n) is 12.4. The van der Waals surface area contributed by atoms with Crippen LogP contribution < -0.4 is 10.1 Å². The van der Waals surface area contributed by atoms with E-state index in [-0.39, 0.29) is 11.6 Å². The van der Waals surface area contributed by atoms with Gasteiger partial charge in [-0.2, -0.15) is 0 Å². The van der Waals surface area contributed by atoms with Crippen LogP contribution >= 0.6 is 0 Å². The molecule has 0 spiro atoms. The Morgan fingerprint density at radius 3 is 3.00 bits per heavy atom. The average Bonchev–Trinajstić information content (AvgIpc) is 3.09. The third kappa shape index (κ3) is 1.88. The number of hydrogen-bond acceptors (Lipinski definition) is 4. The van der Waals surface area contributed by atoms with Crippen molar-refractivity contribution in [3.8, 4) is 11.6 Å². The molecule has 4 rings (SSSR count). The Labute approximate surface area is 126 Å². The number of halogens is 1. The predicted octanol–water partition coefficient (Wildman–Crippen LogP) is 2.81. The molecule has 1 N–H and O–H groups in total. The third-order valence-corrected chi connectivity index (χ3v) is 4.16. The third-order valence-electron chi connectivity index (χ3n) is 4.16. The van der Waals surface area contributed by atoms with Gasteiger partial charge in [0, 0.05) is 31.2 Å². The van der Waals surface area contributed by atoms with Gasteiger partial charge in [-0.15, -0.1) is 0 Å². The molecule has 0 saturated heterocycles. The number of nitrogens with zero attached hydrogens (tertiary/aromatic N) is 3. The first-order valence-corrected chi connectivity index (χ1v) is 7.11. The minimum Gasteiger partial charge on any atom is -0.435 e. The van der Waals surface area contributed by atoms with Crippen LogP contribution in [0, 0.1) is 12.7 Å². The van der Waals surface area contributed by atoms with Crippen LogP contribution in [0.4, 0.5) is 4.39 Å². The fourth-order valence-corrected chi connectivity index (χ4v) is 2.83. The zero-order chi connectivity index (χ0) is 15.3. The van der Waals surface area contributed by atoms with Gasteiger partial charge in [0.05, 0.1) is 16.8 Å². The lowest BCUT2D eigenvalue weighted by Gasteiger charge is -2.09. The van der Waals surface area contributed by atoms with E-state index in [0.29, 0.717) is 24.4 Å². The summed E-state index contributed by atoms with van der Waals surface area (Å²) >= 11 is 0. The quantitative estimate of drug-likeness (QED) is 0.790. The van der Waals surface area contributed by atoms with Gasteiger partial charge in [-0.3, -0.25) is 0 Å². The second-order valence-corrected chi connectivity index (χ2v) is 5.46. The highest BCUT2D eigenvalue weighted by Gasteiger charge is 2.20. The minimum absolute atomic E-state index is 0.186. The van der Waals surface area contributed by atoms with E-state index >= 15 is 0 Å². The van der Waals surface area contributed by atoms with E-state index in [2.05, 4.69) is 15.3 Å². The molecule has 22 heavy (non-hydrogen) atoms. The van der Waals surface area contributed by atoms with Gasteiger partial charge in [-0.25, -0.2) is 14.4 Å². The molecule has 1 aliphatic rings. The molecule has 0 bridgehead atoms. The summed E-state index contributed by atoms with van der Waals surface area (Å²) in [5, 5.41) is 3.75. The number of nitrogens with one attached hydrogen (secondary N) is 1. The molecule has 112 valence electrons. The lowest BCUT2D eigenvalue weighted by Crippen LogP contribution is -2.01. The van der Waals surface area contributed by atoms with E-state index in [1.165, 1.54) is 6.33 Å². The molecule has 6 heteroatoms. The molecular formula is C16H15FN4O. The lowest BCUT2D eigenvalue weighted by molar-refractivity contribution is 0.424. The van der Waals surface area contributed by atoms with Gasteiger partial charge in [0.15, 0.2) is 11.6 Å². The number of rotatable bonds is 2. The molecule has 3 aromatic rings. The highest BCUT2D eigenvalue weighted by molar-refractivity contribution is 5.83. The Bertz CT molecular complexity index is 887. The molecule has 3 heterocycles. The number of ether oxygens (including phenoxy) is 1. The Kier molecular flexibility index (Phi) is 2.87. The summed E-state index contributed by atoms with van der Waals surface area (Å²) in [5.41, 5.74) is 3.64. The van der Waals surface area contributed by atoms with Crippen LogP contribution in [0.1, 0.15) is 17.0 Å². The highest BCUT2D eigenvalue weighted by atomic mass is 19.1. The maximum Gasteiger partial charge on any atom is 0.227 e. The Hall–Kier alpha value is -2.47. The topological polar surface area (TPSA) is 52.0 Å². The van der Waals surface area contributed by atoms with E-state index in [9.17, 15) is 4.39 Å². The van der Waals surface area contributed by atoms with Crippen LogP contribution in [-0.2, 0) is 20.1 Å². The maximum atomic E-state index is 14.7. The van der Waals surface area contributed by atoms with Crippen LogP contribution in [0.25, 0.3) is 10.9 Å². The van der Waals surface area contributed by atoms with Crippen LogP contribution in [0.15, 0.2) is 24.5 Å². The molecule has 1 aliphatic heterocycles. The first kappa shape index (κ1) is 13.2. The van der Waals surface area contributed by atoms with Crippen molar-refractivity contribution in [3.05, 3.63) is 47.3 Å². The zero-order valence-corrected chi connectivity index (χ0v) is 12.4. The minimum atomic E-state index is -0.362. The fourth-order valence-electron chi connectivity index (χ4n) is 2.83. The summed E-state index contributed by atoms with van der Waals surface area (Å²) in [4.78, 5) is 8.34.